The van der Waals surface area contributed by atoms with Crippen LogP contribution in [0.25, 0.3) is 10.8 Å². The van der Waals surface area contributed by atoms with Crippen molar-refractivity contribution in [3.63, 3.8) is 0 Å². The molecule has 180 valence electrons. The molecule has 2 heterocycles. The van der Waals surface area contributed by atoms with Crippen LogP contribution in [0.1, 0.15) is 44.9 Å². The average molecular weight is 481 g/mol. The zero-order valence-corrected chi connectivity index (χ0v) is 20.9. The molecule has 1 fully saturated rings. The predicted octanol–water partition coefficient (Wildman–Crippen LogP) is 4.27. The molecular formula is C27H33ClN4O2. The number of carbonyl (C=O) groups excluding carboxylic acids is 1. The fourth-order valence-corrected chi connectivity index (χ4v) is 4.59. The number of benzene rings is 2. The zero-order valence-electron chi connectivity index (χ0n) is 20.2. The smallest absolute Gasteiger partial charge is 0.274 e. The van der Waals surface area contributed by atoms with E-state index >= 15 is 0 Å². The van der Waals surface area contributed by atoms with Crippen LogP contribution in [-0.2, 0) is 17.8 Å². The van der Waals surface area contributed by atoms with E-state index in [2.05, 4.69) is 31.0 Å². The number of rotatable bonds is 7. The summed E-state index contributed by atoms with van der Waals surface area (Å²) in [5.74, 6) is 0.0315. The Morgan fingerprint density at radius 2 is 1.82 bits per heavy atom. The molecule has 2 aromatic carbocycles. The van der Waals surface area contributed by atoms with Crippen LogP contribution in [0.4, 0.5) is 0 Å². The lowest BCUT2D eigenvalue weighted by molar-refractivity contribution is -0.122. The largest absolute Gasteiger partial charge is 0.354 e. The van der Waals surface area contributed by atoms with Gasteiger partial charge in [0, 0.05) is 29.4 Å². The van der Waals surface area contributed by atoms with Crippen LogP contribution in [0.3, 0.4) is 0 Å². The summed E-state index contributed by atoms with van der Waals surface area (Å²) in [6, 6.07) is 15.5. The molecule has 1 aromatic heterocycles. The molecule has 0 bridgehead atoms. The number of hydrogen-bond acceptors (Lipinski definition) is 4. The summed E-state index contributed by atoms with van der Waals surface area (Å²) < 4.78 is 1.60. The fourth-order valence-electron chi connectivity index (χ4n) is 4.47. The van der Waals surface area contributed by atoms with Gasteiger partial charge in [0.25, 0.3) is 5.56 Å². The Kier molecular flexibility index (Phi) is 7.39. The van der Waals surface area contributed by atoms with Crippen LogP contribution in [0.2, 0.25) is 5.02 Å². The summed E-state index contributed by atoms with van der Waals surface area (Å²) in [6.07, 6.45) is 2.57. The summed E-state index contributed by atoms with van der Waals surface area (Å²) in [6.45, 7) is 8.63. The molecule has 1 amide bonds. The summed E-state index contributed by atoms with van der Waals surface area (Å²) in [5.41, 5.74) is 1.91. The van der Waals surface area contributed by atoms with E-state index in [0.29, 0.717) is 36.5 Å². The Balaban J connectivity index is 1.56. The third-order valence-electron chi connectivity index (χ3n) is 6.27. The number of hydrogen-bond donors (Lipinski definition) is 1. The minimum Gasteiger partial charge on any atom is -0.354 e. The zero-order chi connectivity index (χ0) is 24.3. The second-order valence-corrected chi connectivity index (χ2v) is 10.8. The van der Waals surface area contributed by atoms with Gasteiger partial charge in [-0.05, 0) is 48.6 Å². The molecule has 0 saturated carbocycles. The third-order valence-corrected chi connectivity index (χ3v) is 6.53. The molecule has 1 aliphatic rings. The Morgan fingerprint density at radius 1 is 1.12 bits per heavy atom. The molecule has 1 atom stereocenters. The minimum absolute atomic E-state index is 0.0315. The van der Waals surface area contributed by atoms with E-state index in [9.17, 15) is 9.59 Å². The SMILES string of the molecule is CC(C)(C)CNC(=O)CN1CCC[C@@H]1Cn1nc(Cc2ccc(Cl)cc2)c2ccccc2c1=O. The van der Waals surface area contributed by atoms with Gasteiger partial charge in [0.1, 0.15) is 0 Å². The molecule has 0 radical (unpaired) electrons. The third kappa shape index (κ3) is 6.05. The Morgan fingerprint density at radius 3 is 2.53 bits per heavy atom. The van der Waals surface area contributed by atoms with Crippen LogP contribution < -0.4 is 10.9 Å². The van der Waals surface area contributed by atoms with Crippen molar-refractivity contribution in [2.24, 2.45) is 5.41 Å². The van der Waals surface area contributed by atoms with Crippen molar-refractivity contribution in [3.05, 3.63) is 75.2 Å². The van der Waals surface area contributed by atoms with Crippen molar-refractivity contribution >= 4 is 28.3 Å². The molecule has 0 aliphatic carbocycles. The van der Waals surface area contributed by atoms with E-state index in [4.69, 9.17) is 16.7 Å². The van der Waals surface area contributed by atoms with Crippen LogP contribution >= 0.6 is 11.6 Å². The molecule has 0 unspecified atom stereocenters. The standard InChI is InChI=1S/C27H33ClN4O2/c1-27(2,3)18-29-25(33)17-31-14-6-7-21(31)16-32-26(34)23-9-5-4-8-22(23)24(30-32)15-19-10-12-20(28)13-11-19/h4-5,8-13,21H,6-7,14-18H2,1-3H3,(H,29,33)/t21-/m1/s1. The van der Waals surface area contributed by atoms with Gasteiger partial charge < -0.3 is 5.32 Å². The number of nitrogens with zero attached hydrogens (tertiary/aromatic N) is 3. The van der Waals surface area contributed by atoms with Crippen LogP contribution in [0, 0.1) is 5.41 Å². The maximum atomic E-state index is 13.3. The number of aromatic nitrogens is 2. The molecule has 1 N–H and O–H groups in total. The van der Waals surface area contributed by atoms with Crippen molar-refractivity contribution in [3.8, 4) is 0 Å². The Bertz CT molecular complexity index is 1210. The van der Waals surface area contributed by atoms with E-state index in [1.807, 2.05) is 48.5 Å². The molecule has 7 heteroatoms. The van der Waals surface area contributed by atoms with Gasteiger partial charge in [-0.1, -0.05) is 62.7 Å². The first kappa shape index (κ1) is 24.4. The van der Waals surface area contributed by atoms with Gasteiger partial charge in [0.05, 0.1) is 24.2 Å². The number of fused-ring (bicyclic) bond motifs is 1. The van der Waals surface area contributed by atoms with Crippen molar-refractivity contribution in [2.75, 3.05) is 19.6 Å². The monoisotopic (exact) mass is 480 g/mol. The highest BCUT2D eigenvalue weighted by Gasteiger charge is 2.28. The quantitative estimate of drug-likeness (QED) is 0.548. The molecule has 4 rings (SSSR count). The van der Waals surface area contributed by atoms with Crippen molar-refractivity contribution in [2.45, 2.75) is 52.6 Å². The summed E-state index contributed by atoms with van der Waals surface area (Å²) in [7, 11) is 0. The molecule has 34 heavy (non-hydrogen) atoms. The molecular weight excluding hydrogens is 448 g/mol. The maximum Gasteiger partial charge on any atom is 0.274 e. The topological polar surface area (TPSA) is 67.2 Å². The van der Waals surface area contributed by atoms with Crippen LogP contribution in [0.5, 0.6) is 0 Å². The van der Waals surface area contributed by atoms with Crippen LogP contribution in [0.15, 0.2) is 53.3 Å². The van der Waals surface area contributed by atoms with Gasteiger partial charge in [0.2, 0.25) is 5.91 Å². The number of nitrogens with one attached hydrogen (secondary N) is 1. The molecule has 3 aromatic rings. The molecule has 6 nitrogen and oxygen atoms in total. The minimum atomic E-state index is -0.0838. The van der Waals surface area contributed by atoms with Crippen molar-refractivity contribution in [1.82, 2.24) is 20.0 Å². The first-order chi connectivity index (χ1) is 16.2. The number of amides is 1. The summed E-state index contributed by atoms with van der Waals surface area (Å²) >= 11 is 6.05. The van der Waals surface area contributed by atoms with Gasteiger partial charge >= 0.3 is 0 Å². The second-order valence-electron chi connectivity index (χ2n) is 10.4. The lowest BCUT2D eigenvalue weighted by Gasteiger charge is -2.25. The van der Waals surface area contributed by atoms with Crippen molar-refractivity contribution < 1.29 is 4.79 Å². The van der Waals surface area contributed by atoms with Crippen LogP contribution in [-0.4, -0.2) is 46.3 Å². The maximum absolute atomic E-state index is 13.3. The van der Waals surface area contributed by atoms with E-state index in [1.165, 1.54) is 0 Å². The fraction of sp³-hybridized carbons (Fsp3) is 0.444. The normalized spacial score (nSPS) is 16.8. The van der Waals surface area contributed by atoms with E-state index in [-0.39, 0.29) is 22.9 Å². The molecule has 1 saturated heterocycles. The van der Waals surface area contributed by atoms with Gasteiger partial charge in [-0.25, -0.2) is 4.68 Å². The highest BCUT2D eigenvalue weighted by molar-refractivity contribution is 6.30. The summed E-state index contributed by atoms with van der Waals surface area (Å²) in [4.78, 5) is 28.0. The van der Waals surface area contributed by atoms with Crippen molar-refractivity contribution in [1.29, 1.82) is 0 Å². The Labute approximate surface area is 205 Å². The van der Waals surface area contributed by atoms with E-state index < -0.39 is 0 Å². The van der Waals surface area contributed by atoms with Gasteiger partial charge in [0.15, 0.2) is 0 Å². The molecule has 1 aliphatic heterocycles. The number of carbonyl (C=O) groups is 1. The van der Waals surface area contributed by atoms with E-state index in [1.54, 1.807) is 4.68 Å². The van der Waals surface area contributed by atoms with Gasteiger partial charge in [-0.15, -0.1) is 0 Å². The highest BCUT2D eigenvalue weighted by Crippen LogP contribution is 2.21. The highest BCUT2D eigenvalue weighted by atomic mass is 35.5. The lowest BCUT2D eigenvalue weighted by Crippen LogP contribution is -2.44. The summed E-state index contributed by atoms with van der Waals surface area (Å²) in [5, 5.41) is 10.1. The van der Waals surface area contributed by atoms with E-state index in [0.717, 1.165) is 36.0 Å². The first-order valence-electron chi connectivity index (χ1n) is 11.9. The average Bonchev–Trinajstić information content (AvgIpc) is 3.23. The predicted molar refractivity (Wildman–Crippen MR) is 137 cm³/mol. The Hall–Kier alpha value is -2.70. The molecule has 0 spiro atoms. The number of halogens is 1. The van der Waals surface area contributed by atoms with Gasteiger partial charge in [-0.2, -0.15) is 5.10 Å². The first-order valence-corrected chi connectivity index (χ1v) is 12.3. The second kappa shape index (κ2) is 10.3. The lowest BCUT2D eigenvalue weighted by atomic mass is 9.97. The number of likely N-dealkylation sites (tertiary alicyclic amines) is 1. The van der Waals surface area contributed by atoms with Gasteiger partial charge in [-0.3, -0.25) is 14.5 Å².